The van der Waals surface area contributed by atoms with Gasteiger partial charge in [0, 0.05) is 5.69 Å². The summed E-state index contributed by atoms with van der Waals surface area (Å²) < 4.78 is 27.4. The van der Waals surface area contributed by atoms with Crippen molar-refractivity contribution in [1.82, 2.24) is 4.98 Å². The van der Waals surface area contributed by atoms with Gasteiger partial charge in [0.1, 0.15) is 0 Å². The fraction of sp³-hybridized carbons (Fsp3) is 0.200. The van der Waals surface area contributed by atoms with E-state index in [0.717, 1.165) is 5.69 Å². The number of nitriles is 1. The predicted molar refractivity (Wildman–Crippen MR) is 80.4 cm³/mol. The number of rotatable bonds is 3. The summed E-state index contributed by atoms with van der Waals surface area (Å²) in [7, 11) is -3.70. The van der Waals surface area contributed by atoms with Gasteiger partial charge in [0.25, 0.3) is 10.0 Å². The molecular weight excluding hydrogens is 286 g/mol. The Balaban J connectivity index is 2.41. The molecule has 2 aromatic rings. The van der Waals surface area contributed by atoms with E-state index in [0.29, 0.717) is 22.5 Å². The first kappa shape index (κ1) is 15.0. The number of aromatic nitrogens is 1. The molecule has 5 nitrogen and oxygen atoms in total. The van der Waals surface area contributed by atoms with Gasteiger partial charge >= 0.3 is 0 Å². The third-order valence-electron chi connectivity index (χ3n) is 3.06. The number of hydrogen-bond acceptors (Lipinski definition) is 4. The Kier molecular flexibility index (Phi) is 3.96. The molecule has 21 heavy (non-hydrogen) atoms. The van der Waals surface area contributed by atoms with Gasteiger partial charge in [-0.25, -0.2) is 8.42 Å². The first-order chi connectivity index (χ1) is 9.83. The minimum Gasteiger partial charge on any atom is -0.278 e. The van der Waals surface area contributed by atoms with Crippen molar-refractivity contribution in [3.8, 4) is 6.07 Å². The predicted octanol–water partition coefficient (Wildman–Crippen LogP) is 2.68. The summed E-state index contributed by atoms with van der Waals surface area (Å²) in [6, 6.07) is 9.90. The Morgan fingerprint density at radius 2 is 1.86 bits per heavy atom. The van der Waals surface area contributed by atoms with Crippen LogP contribution in [0.4, 0.5) is 5.69 Å². The minimum atomic E-state index is -3.70. The molecule has 0 aliphatic rings. The van der Waals surface area contributed by atoms with Gasteiger partial charge in [-0.15, -0.1) is 0 Å². The molecule has 0 saturated carbocycles. The third-order valence-corrected chi connectivity index (χ3v) is 4.59. The maximum Gasteiger partial charge on any atom is 0.262 e. The second-order valence-corrected chi connectivity index (χ2v) is 6.43. The summed E-state index contributed by atoms with van der Waals surface area (Å²) in [5.74, 6) is 0. The first-order valence-electron chi connectivity index (χ1n) is 6.31. The zero-order valence-electron chi connectivity index (χ0n) is 12.0. The fourth-order valence-electron chi connectivity index (χ4n) is 2.01. The number of anilines is 1. The normalized spacial score (nSPS) is 11.0. The molecule has 0 unspecified atom stereocenters. The quantitative estimate of drug-likeness (QED) is 0.944. The van der Waals surface area contributed by atoms with Crippen molar-refractivity contribution in [2.75, 3.05) is 4.72 Å². The summed E-state index contributed by atoms with van der Waals surface area (Å²) in [5, 5.41) is 8.83. The standard InChI is InChI=1S/C15H15N3O2S/c1-10-8-13(9-16)5-7-15(10)21(19,20)18-14-6-4-11(2)17-12(14)3/h4-8,18H,1-3H3. The van der Waals surface area contributed by atoms with Crippen LogP contribution in [0.5, 0.6) is 0 Å². The van der Waals surface area contributed by atoms with Crippen molar-refractivity contribution in [3.05, 3.63) is 52.8 Å². The molecule has 0 aliphatic carbocycles. The van der Waals surface area contributed by atoms with Crippen LogP contribution < -0.4 is 4.72 Å². The van der Waals surface area contributed by atoms with Crippen molar-refractivity contribution in [3.63, 3.8) is 0 Å². The van der Waals surface area contributed by atoms with Crippen molar-refractivity contribution in [2.45, 2.75) is 25.7 Å². The molecule has 0 aliphatic heterocycles. The van der Waals surface area contributed by atoms with E-state index in [1.807, 2.05) is 13.0 Å². The molecule has 0 bridgehead atoms. The van der Waals surface area contributed by atoms with Crippen LogP contribution in [-0.2, 0) is 10.0 Å². The average molecular weight is 301 g/mol. The van der Waals surface area contributed by atoms with Gasteiger partial charge in [-0.1, -0.05) is 0 Å². The molecule has 0 fully saturated rings. The largest absolute Gasteiger partial charge is 0.278 e. The van der Waals surface area contributed by atoms with Crippen molar-refractivity contribution < 1.29 is 8.42 Å². The molecule has 108 valence electrons. The van der Waals surface area contributed by atoms with E-state index in [1.54, 1.807) is 32.0 Å². The number of sulfonamides is 1. The zero-order chi connectivity index (χ0) is 15.6. The summed E-state index contributed by atoms with van der Waals surface area (Å²) >= 11 is 0. The van der Waals surface area contributed by atoms with Crippen LogP contribution in [0.3, 0.4) is 0 Å². The lowest BCUT2D eigenvalue weighted by atomic mass is 10.2. The van der Waals surface area contributed by atoms with Gasteiger partial charge in [-0.05, 0) is 56.7 Å². The molecule has 1 heterocycles. The van der Waals surface area contributed by atoms with Crippen LogP contribution in [0.25, 0.3) is 0 Å². The van der Waals surface area contributed by atoms with E-state index >= 15 is 0 Å². The Morgan fingerprint density at radius 3 is 2.43 bits per heavy atom. The maximum absolute atomic E-state index is 12.4. The second kappa shape index (κ2) is 5.54. The Labute approximate surface area is 124 Å². The fourth-order valence-corrected chi connectivity index (χ4v) is 3.36. The number of nitrogens with zero attached hydrogens (tertiary/aromatic N) is 2. The Morgan fingerprint density at radius 1 is 1.14 bits per heavy atom. The van der Waals surface area contributed by atoms with Gasteiger partial charge in [0.15, 0.2) is 0 Å². The van der Waals surface area contributed by atoms with Gasteiger partial charge in [-0.3, -0.25) is 9.71 Å². The van der Waals surface area contributed by atoms with Crippen LogP contribution in [0, 0.1) is 32.1 Å². The summed E-state index contributed by atoms with van der Waals surface area (Å²) in [6.45, 7) is 5.25. The Bertz CT molecular complexity index is 836. The monoisotopic (exact) mass is 301 g/mol. The maximum atomic E-state index is 12.4. The molecule has 6 heteroatoms. The van der Waals surface area contributed by atoms with Crippen LogP contribution in [0.1, 0.15) is 22.5 Å². The van der Waals surface area contributed by atoms with Crippen molar-refractivity contribution >= 4 is 15.7 Å². The highest BCUT2D eigenvalue weighted by molar-refractivity contribution is 7.92. The lowest BCUT2D eigenvalue weighted by Gasteiger charge is -2.12. The average Bonchev–Trinajstić information content (AvgIpc) is 2.41. The van der Waals surface area contributed by atoms with Gasteiger partial charge in [0.2, 0.25) is 0 Å². The van der Waals surface area contributed by atoms with Crippen LogP contribution in [-0.4, -0.2) is 13.4 Å². The van der Waals surface area contributed by atoms with Crippen LogP contribution in [0.15, 0.2) is 35.2 Å². The van der Waals surface area contributed by atoms with Crippen LogP contribution in [0.2, 0.25) is 0 Å². The summed E-state index contributed by atoms with van der Waals surface area (Å²) in [4.78, 5) is 4.39. The third kappa shape index (κ3) is 3.20. The van der Waals surface area contributed by atoms with Crippen molar-refractivity contribution in [2.24, 2.45) is 0 Å². The smallest absolute Gasteiger partial charge is 0.262 e. The van der Waals surface area contributed by atoms with Gasteiger partial charge in [-0.2, -0.15) is 5.26 Å². The van der Waals surface area contributed by atoms with E-state index < -0.39 is 10.0 Å². The molecule has 1 aromatic carbocycles. The number of nitrogens with one attached hydrogen (secondary N) is 1. The molecule has 0 atom stereocenters. The lowest BCUT2D eigenvalue weighted by Crippen LogP contribution is -2.15. The highest BCUT2D eigenvalue weighted by Gasteiger charge is 2.18. The lowest BCUT2D eigenvalue weighted by molar-refractivity contribution is 0.600. The van der Waals surface area contributed by atoms with E-state index in [4.69, 9.17) is 5.26 Å². The minimum absolute atomic E-state index is 0.154. The molecule has 0 saturated heterocycles. The van der Waals surface area contributed by atoms with Gasteiger partial charge in [0.05, 0.1) is 27.9 Å². The van der Waals surface area contributed by atoms with E-state index in [2.05, 4.69) is 9.71 Å². The van der Waals surface area contributed by atoms with E-state index in [-0.39, 0.29) is 4.90 Å². The molecular formula is C15H15N3O2S. The van der Waals surface area contributed by atoms with Crippen LogP contribution >= 0.6 is 0 Å². The molecule has 0 radical (unpaired) electrons. The highest BCUT2D eigenvalue weighted by atomic mass is 32.2. The SMILES string of the molecule is Cc1ccc(NS(=O)(=O)c2ccc(C#N)cc2C)c(C)n1. The van der Waals surface area contributed by atoms with Gasteiger partial charge < -0.3 is 0 Å². The molecule has 0 spiro atoms. The second-order valence-electron chi connectivity index (χ2n) is 4.78. The number of hydrogen-bond donors (Lipinski definition) is 1. The highest BCUT2D eigenvalue weighted by Crippen LogP contribution is 2.22. The molecule has 1 N–H and O–H groups in total. The summed E-state index contributed by atoms with van der Waals surface area (Å²) in [6.07, 6.45) is 0. The number of aryl methyl sites for hydroxylation is 3. The van der Waals surface area contributed by atoms with E-state index in [9.17, 15) is 8.42 Å². The Hall–Kier alpha value is -2.39. The molecule has 0 amide bonds. The zero-order valence-corrected chi connectivity index (χ0v) is 12.8. The topological polar surface area (TPSA) is 82.9 Å². The van der Waals surface area contributed by atoms with E-state index in [1.165, 1.54) is 12.1 Å². The first-order valence-corrected chi connectivity index (χ1v) is 7.79. The molecule has 2 rings (SSSR count). The number of benzene rings is 1. The summed E-state index contributed by atoms with van der Waals surface area (Å²) in [5.41, 5.74) is 2.85. The molecule has 1 aromatic heterocycles. The number of pyridine rings is 1. The van der Waals surface area contributed by atoms with Crippen molar-refractivity contribution in [1.29, 1.82) is 5.26 Å².